The zero-order valence-electron chi connectivity index (χ0n) is 9.18. The molecule has 0 radical (unpaired) electrons. The number of nitrogens with one attached hydrogen (secondary N) is 1. The maximum absolute atomic E-state index is 11.3. The molecule has 0 atom stereocenters. The van der Waals surface area contributed by atoms with Crippen LogP contribution in [0.15, 0.2) is 12.3 Å². The maximum atomic E-state index is 11.3. The Hall–Kier alpha value is -2.22. The lowest BCUT2D eigenvalue weighted by Crippen LogP contribution is -2.25. The van der Waals surface area contributed by atoms with E-state index in [9.17, 15) is 19.7 Å². The summed E-state index contributed by atoms with van der Waals surface area (Å²) in [7, 11) is 0. The molecule has 0 saturated carbocycles. The van der Waals surface area contributed by atoms with Crippen LogP contribution in [-0.2, 0) is 14.3 Å². The third-order valence-corrected chi connectivity index (χ3v) is 1.93. The van der Waals surface area contributed by atoms with Gasteiger partial charge in [0.1, 0.15) is 0 Å². The van der Waals surface area contributed by atoms with Crippen molar-refractivity contribution in [2.45, 2.75) is 6.92 Å². The number of aromatic nitrogens is 1. The zero-order chi connectivity index (χ0) is 13.7. The summed E-state index contributed by atoms with van der Waals surface area (Å²) in [4.78, 5) is 35.8. The summed E-state index contributed by atoms with van der Waals surface area (Å²) in [5, 5.41) is 12.7. The van der Waals surface area contributed by atoms with Crippen LogP contribution in [0, 0.1) is 10.1 Å². The Balaban J connectivity index is 2.94. The molecule has 9 heteroatoms. The Morgan fingerprint density at radius 2 is 2.28 bits per heavy atom. The van der Waals surface area contributed by atoms with Crippen molar-refractivity contribution >= 4 is 35.0 Å². The lowest BCUT2D eigenvalue weighted by Gasteiger charge is -2.04. The molecule has 0 aliphatic heterocycles. The first-order chi connectivity index (χ1) is 8.45. The molecular weight excluding hydrogens is 266 g/mol. The summed E-state index contributed by atoms with van der Waals surface area (Å²) in [6.07, 6.45) is 1.11. The third-order valence-electron chi connectivity index (χ3n) is 1.72. The van der Waals surface area contributed by atoms with Gasteiger partial charge in [-0.25, -0.2) is 9.78 Å². The molecule has 18 heavy (non-hydrogen) atoms. The van der Waals surface area contributed by atoms with Crippen molar-refractivity contribution in [3.05, 3.63) is 27.4 Å². The van der Waals surface area contributed by atoms with Gasteiger partial charge in [0.2, 0.25) is 5.82 Å². The number of hydrogen-bond acceptors (Lipinski definition) is 6. The third kappa shape index (κ3) is 3.39. The summed E-state index contributed by atoms with van der Waals surface area (Å²) in [5.74, 6) is -2.67. The largest absolute Gasteiger partial charge is 0.459 e. The lowest BCUT2D eigenvalue weighted by molar-refractivity contribution is -0.384. The fourth-order valence-corrected chi connectivity index (χ4v) is 1.17. The maximum Gasteiger partial charge on any atom is 0.397 e. The number of nitrogens with zero attached hydrogens (tertiary/aromatic N) is 2. The van der Waals surface area contributed by atoms with E-state index >= 15 is 0 Å². The average Bonchev–Trinajstić information content (AvgIpc) is 2.31. The quantitative estimate of drug-likeness (QED) is 0.382. The van der Waals surface area contributed by atoms with Gasteiger partial charge in [-0.2, -0.15) is 0 Å². The van der Waals surface area contributed by atoms with E-state index in [1.165, 1.54) is 6.92 Å². The van der Waals surface area contributed by atoms with E-state index in [1.54, 1.807) is 0 Å². The van der Waals surface area contributed by atoms with Crippen LogP contribution in [0.3, 0.4) is 0 Å². The second kappa shape index (κ2) is 5.92. The molecule has 1 aromatic rings. The lowest BCUT2D eigenvalue weighted by atomic mass is 10.4. The highest BCUT2D eigenvalue weighted by molar-refractivity contribution is 6.37. The molecule has 1 N–H and O–H groups in total. The molecular formula is C9H8ClN3O5. The molecule has 1 aromatic heterocycles. The number of pyridine rings is 1. The first kappa shape index (κ1) is 13.8. The predicted octanol–water partition coefficient (Wildman–Crippen LogP) is 1.14. The number of nitro groups is 1. The van der Waals surface area contributed by atoms with Gasteiger partial charge >= 0.3 is 17.6 Å². The fraction of sp³-hybridized carbons (Fsp3) is 0.222. The molecule has 1 rings (SSSR count). The van der Waals surface area contributed by atoms with E-state index < -0.39 is 22.5 Å². The van der Waals surface area contributed by atoms with Gasteiger partial charge in [-0.05, 0) is 6.92 Å². The molecule has 0 spiro atoms. The van der Waals surface area contributed by atoms with Crippen molar-refractivity contribution in [1.29, 1.82) is 0 Å². The molecule has 0 saturated heterocycles. The number of carbonyl (C=O) groups is 2. The second-order valence-corrected chi connectivity index (χ2v) is 3.39. The van der Waals surface area contributed by atoms with Crippen LogP contribution >= 0.6 is 11.6 Å². The van der Waals surface area contributed by atoms with Gasteiger partial charge in [-0.1, -0.05) is 11.6 Å². The van der Waals surface area contributed by atoms with Gasteiger partial charge < -0.3 is 4.74 Å². The summed E-state index contributed by atoms with van der Waals surface area (Å²) in [6.45, 7) is 1.54. The molecule has 0 bridgehead atoms. The van der Waals surface area contributed by atoms with E-state index in [-0.39, 0.29) is 17.4 Å². The molecule has 8 nitrogen and oxygen atoms in total. The summed E-state index contributed by atoms with van der Waals surface area (Å²) in [5.41, 5.74) is -0.514. The van der Waals surface area contributed by atoms with Crippen molar-refractivity contribution in [2.24, 2.45) is 0 Å². The number of esters is 1. The van der Waals surface area contributed by atoms with Gasteiger partial charge in [-0.3, -0.25) is 20.2 Å². The number of ether oxygens (including phenoxy) is 1. The number of carbonyl (C=O) groups excluding carboxylic acids is 2. The summed E-state index contributed by atoms with van der Waals surface area (Å²) < 4.78 is 4.43. The van der Waals surface area contributed by atoms with Crippen molar-refractivity contribution in [2.75, 3.05) is 11.9 Å². The minimum atomic E-state index is -1.15. The van der Waals surface area contributed by atoms with Crippen LogP contribution < -0.4 is 5.32 Å². The normalized spacial score (nSPS) is 9.67. The van der Waals surface area contributed by atoms with E-state index in [4.69, 9.17) is 11.6 Å². The minimum Gasteiger partial charge on any atom is -0.459 e. The zero-order valence-corrected chi connectivity index (χ0v) is 9.93. The Morgan fingerprint density at radius 1 is 1.61 bits per heavy atom. The van der Waals surface area contributed by atoms with E-state index in [0.29, 0.717) is 0 Å². The minimum absolute atomic E-state index is 0.0163. The van der Waals surface area contributed by atoms with Gasteiger partial charge in [0.05, 0.1) is 16.6 Å². The molecule has 0 fully saturated rings. The molecule has 1 amide bonds. The number of anilines is 1. The predicted molar refractivity (Wildman–Crippen MR) is 61.2 cm³/mol. The van der Waals surface area contributed by atoms with Crippen molar-refractivity contribution in [1.82, 2.24) is 4.98 Å². The van der Waals surface area contributed by atoms with Crippen molar-refractivity contribution in [3.8, 4) is 0 Å². The Bertz CT molecular complexity index is 505. The van der Waals surface area contributed by atoms with Crippen LogP contribution in [0.5, 0.6) is 0 Å². The van der Waals surface area contributed by atoms with Gasteiger partial charge in [0.15, 0.2) is 0 Å². The highest BCUT2D eigenvalue weighted by atomic mass is 35.5. The number of hydrogen-bond donors (Lipinski definition) is 1. The van der Waals surface area contributed by atoms with Crippen LogP contribution in [0.1, 0.15) is 6.92 Å². The summed E-state index contributed by atoms with van der Waals surface area (Å²) >= 11 is 5.54. The highest BCUT2D eigenvalue weighted by Gasteiger charge is 2.22. The smallest absolute Gasteiger partial charge is 0.397 e. The van der Waals surface area contributed by atoms with Gasteiger partial charge in [0, 0.05) is 12.3 Å². The first-order valence-electron chi connectivity index (χ1n) is 4.73. The number of amides is 1. The molecule has 0 unspecified atom stereocenters. The standard InChI is InChI=1S/C9H8ClN3O5/c1-2-18-9(15)8(14)12-7-6(13(16)17)3-5(10)4-11-7/h3-4H,2H2,1H3,(H,11,12,14). The Morgan fingerprint density at radius 3 is 2.83 bits per heavy atom. The molecule has 0 aliphatic carbocycles. The topological polar surface area (TPSA) is 111 Å². The van der Waals surface area contributed by atoms with Crippen LogP contribution in [-0.4, -0.2) is 28.4 Å². The first-order valence-corrected chi connectivity index (χ1v) is 5.11. The molecule has 0 aromatic carbocycles. The van der Waals surface area contributed by atoms with E-state index in [2.05, 4.69) is 9.72 Å². The second-order valence-electron chi connectivity index (χ2n) is 2.95. The molecule has 1 heterocycles. The molecule has 96 valence electrons. The SMILES string of the molecule is CCOC(=O)C(=O)Nc1ncc(Cl)cc1[N+](=O)[O-]. The van der Waals surface area contributed by atoms with Crippen molar-refractivity contribution in [3.63, 3.8) is 0 Å². The number of rotatable bonds is 3. The average molecular weight is 274 g/mol. The van der Waals surface area contributed by atoms with Gasteiger partial charge in [0.25, 0.3) is 0 Å². The highest BCUT2D eigenvalue weighted by Crippen LogP contribution is 2.24. The van der Waals surface area contributed by atoms with Gasteiger partial charge in [-0.15, -0.1) is 0 Å². The van der Waals surface area contributed by atoms with E-state index in [1.807, 2.05) is 5.32 Å². The van der Waals surface area contributed by atoms with Crippen LogP contribution in [0.25, 0.3) is 0 Å². The van der Waals surface area contributed by atoms with E-state index in [0.717, 1.165) is 12.3 Å². The fourth-order valence-electron chi connectivity index (χ4n) is 1.02. The molecule has 0 aliphatic rings. The van der Waals surface area contributed by atoms with Crippen molar-refractivity contribution < 1.29 is 19.2 Å². The van der Waals surface area contributed by atoms with Crippen LogP contribution in [0.4, 0.5) is 11.5 Å². The van der Waals surface area contributed by atoms with Crippen LogP contribution in [0.2, 0.25) is 5.02 Å². The Labute approximate surface area is 106 Å². The number of halogens is 1. The summed E-state index contributed by atoms with van der Waals surface area (Å²) in [6, 6.07) is 1.01. The monoisotopic (exact) mass is 273 g/mol. The Kier molecular flexibility index (Phi) is 4.55.